The molecule has 3 aromatic carbocycles. The van der Waals surface area contributed by atoms with E-state index in [1.807, 2.05) is 0 Å². The van der Waals surface area contributed by atoms with Gasteiger partial charge in [0.15, 0.2) is 12.4 Å². The molecule has 0 spiro atoms. The SMILES string of the molecule is O=C(O)CC(=O)OCC1OC(Oc2cc(O)c3c(c2)Oc2c4c5ccccc5n2C(c2ccc(O)cc2)=C(OC2OC(CO)C(O)C(O)C2OC2OC(COC(=O)CC(=O)O)C(O)C(O)C2O)C34)C(O)C(O)C1O. The number of hydrogen-bond acceptors (Lipinski definition) is 24. The monoisotopic (exact) mass is 1040 g/mol. The van der Waals surface area contributed by atoms with Crippen molar-refractivity contribution < 1.29 is 128 Å². The van der Waals surface area contributed by atoms with E-state index in [1.54, 1.807) is 28.8 Å². The van der Waals surface area contributed by atoms with Gasteiger partial charge in [-0.15, -0.1) is 0 Å². The van der Waals surface area contributed by atoms with Gasteiger partial charge in [-0.2, -0.15) is 0 Å². The number of aliphatic hydroxyl groups is 9. The average molecular weight is 1040 g/mol. The summed E-state index contributed by atoms with van der Waals surface area (Å²) in [6.07, 6.45) is -30.5. The second-order valence-corrected chi connectivity index (χ2v) is 17.8. The second-order valence-electron chi connectivity index (χ2n) is 17.8. The summed E-state index contributed by atoms with van der Waals surface area (Å²) in [5.41, 5.74) is 1.37. The Kier molecular flexibility index (Phi) is 14.7. The molecule has 9 rings (SSSR count). The van der Waals surface area contributed by atoms with E-state index >= 15 is 0 Å². The summed E-state index contributed by atoms with van der Waals surface area (Å²) < 4.78 is 54.1. The molecule has 3 saturated heterocycles. The lowest BCUT2D eigenvalue weighted by molar-refractivity contribution is -0.363. The molecule has 0 aliphatic carbocycles. The number of rotatable bonds is 16. The molecule has 398 valence electrons. The average Bonchev–Trinajstić information content (AvgIpc) is 3.61. The Bertz CT molecular complexity index is 2810. The van der Waals surface area contributed by atoms with Crippen LogP contribution in [-0.4, -0.2) is 207 Å². The number of aromatic hydroxyl groups is 2. The van der Waals surface area contributed by atoms with Crippen LogP contribution in [0.1, 0.15) is 35.4 Å². The van der Waals surface area contributed by atoms with Gasteiger partial charge >= 0.3 is 23.9 Å². The first-order chi connectivity index (χ1) is 35.3. The lowest BCUT2D eigenvalue weighted by Crippen LogP contribution is -2.64. The number of carboxylic acids is 2. The number of phenolic OH excluding ortho intramolecular Hbond substituents is 2. The van der Waals surface area contributed by atoms with Crippen molar-refractivity contribution in [2.75, 3.05) is 19.8 Å². The Morgan fingerprint density at radius 3 is 1.78 bits per heavy atom. The van der Waals surface area contributed by atoms with Crippen LogP contribution in [-0.2, 0) is 52.3 Å². The van der Waals surface area contributed by atoms with Gasteiger partial charge in [0.1, 0.15) is 122 Å². The van der Waals surface area contributed by atoms with E-state index in [0.29, 0.717) is 22.0 Å². The fraction of sp³-hybridized carbons (Fsp3) is 0.447. The van der Waals surface area contributed by atoms with Crippen LogP contribution in [0.5, 0.6) is 28.9 Å². The number of fused-ring (bicyclic) bond motifs is 4. The van der Waals surface area contributed by atoms with Gasteiger partial charge in [-0.05, 0) is 30.3 Å². The first-order valence-electron chi connectivity index (χ1n) is 22.7. The molecule has 27 nitrogen and oxygen atoms in total. The number of nitrogens with zero attached hydrogens (tertiary/aromatic N) is 1. The lowest BCUT2D eigenvalue weighted by Gasteiger charge is -2.46. The van der Waals surface area contributed by atoms with E-state index < -0.39 is 160 Å². The first kappa shape index (κ1) is 52.2. The maximum Gasteiger partial charge on any atom is 0.317 e. The normalized spacial score (nSPS) is 32.2. The van der Waals surface area contributed by atoms with Crippen LogP contribution >= 0.6 is 0 Å². The standard InChI is InChI=1S/C47H49NO26/c49-13-23-34(58)39(63)43(74-46-41(65)38(62)36(60)25(72-46)15-67-29(57)12-27(54)55)47(70-23)73-42-32-30-19-3-1-2-4-20(19)48(33(42)16-5-7-17(50)8-6-16)44(30)69-22-10-18(9-21(51)31(22)32)68-45-40(64)37(61)35(59)24(71-45)14-66-28(56)11-26(52)53/h1-10,23-25,32,34-41,43,45-47,49-51,58-65H,11-15H2,(H,52,53)(H,54,55). The number of aliphatic carboxylic acids is 2. The fourth-order valence-electron chi connectivity index (χ4n) is 9.37. The minimum Gasteiger partial charge on any atom is -0.508 e. The summed E-state index contributed by atoms with van der Waals surface area (Å²) in [6.45, 7) is -2.52. The predicted octanol–water partition coefficient (Wildman–Crippen LogP) is -2.61. The van der Waals surface area contributed by atoms with Crippen molar-refractivity contribution in [2.24, 2.45) is 0 Å². The fourth-order valence-corrected chi connectivity index (χ4v) is 9.37. The van der Waals surface area contributed by atoms with Gasteiger partial charge < -0.3 is 109 Å². The Morgan fingerprint density at radius 2 is 1.18 bits per heavy atom. The van der Waals surface area contributed by atoms with E-state index in [4.69, 9.17) is 52.8 Å². The highest BCUT2D eigenvalue weighted by Gasteiger charge is 2.54. The van der Waals surface area contributed by atoms with Crippen molar-refractivity contribution in [1.82, 2.24) is 4.57 Å². The molecule has 5 aliphatic rings. The minimum absolute atomic E-state index is 0.0153. The smallest absolute Gasteiger partial charge is 0.317 e. The van der Waals surface area contributed by atoms with Crippen molar-refractivity contribution in [3.63, 3.8) is 0 Å². The van der Waals surface area contributed by atoms with Crippen LogP contribution in [0.25, 0.3) is 16.6 Å². The van der Waals surface area contributed by atoms with Gasteiger partial charge in [0.05, 0.1) is 29.3 Å². The van der Waals surface area contributed by atoms with Crippen molar-refractivity contribution in [1.29, 1.82) is 0 Å². The molecule has 4 bridgehead atoms. The predicted molar refractivity (Wildman–Crippen MR) is 237 cm³/mol. The highest BCUT2D eigenvalue weighted by atomic mass is 16.8. The summed E-state index contributed by atoms with van der Waals surface area (Å²) in [5, 5.41) is 139. The third-order valence-corrected chi connectivity index (χ3v) is 13.0. The Hall–Kier alpha value is -6.70. The van der Waals surface area contributed by atoms with Crippen LogP contribution in [0, 0.1) is 0 Å². The van der Waals surface area contributed by atoms with Crippen LogP contribution in [0.3, 0.4) is 0 Å². The molecular formula is C47H49NO26. The van der Waals surface area contributed by atoms with Crippen LogP contribution in [0.4, 0.5) is 0 Å². The molecule has 16 atom stereocenters. The molecule has 6 heterocycles. The van der Waals surface area contributed by atoms with Crippen molar-refractivity contribution >= 4 is 40.5 Å². The molecule has 1 aromatic heterocycles. The summed E-state index contributed by atoms with van der Waals surface area (Å²) in [4.78, 5) is 46.0. The van der Waals surface area contributed by atoms with E-state index in [9.17, 15) is 75.3 Å². The van der Waals surface area contributed by atoms with Gasteiger partial charge in [0, 0.05) is 28.6 Å². The Labute approximate surface area is 415 Å². The number of benzene rings is 3. The number of esters is 2. The second kappa shape index (κ2) is 20.9. The summed E-state index contributed by atoms with van der Waals surface area (Å²) >= 11 is 0. The van der Waals surface area contributed by atoms with Gasteiger partial charge in [-0.25, -0.2) is 0 Å². The van der Waals surface area contributed by atoms with Crippen molar-refractivity contribution in [3.8, 4) is 28.9 Å². The topological polar surface area (TPSA) is 419 Å². The van der Waals surface area contributed by atoms with Gasteiger partial charge in [-0.3, -0.25) is 23.7 Å². The Morgan fingerprint density at radius 1 is 0.608 bits per heavy atom. The first-order valence-corrected chi connectivity index (χ1v) is 22.7. The molecule has 0 radical (unpaired) electrons. The maximum absolute atomic E-state index is 12.1. The van der Waals surface area contributed by atoms with Crippen LogP contribution in [0.2, 0.25) is 0 Å². The molecular weight excluding hydrogens is 994 g/mol. The minimum atomic E-state index is -2.11. The number of para-hydroxylation sites is 1. The maximum atomic E-state index is 12.1. The molecule has 16 unspecified atom stereocenters. The number of carbonyl (C=O) groups excluding carboxylic acids is 2. The third kappa shape index (κ3) is 9.76. The zero-order valence-electron chi connectivity index (χ0n) is 38.1. The molecule has 74 heavy (non-hydrogen) atoms. The molecule has 27 heteroatoms. The summed E-state index contributed by atoms with van der Waals surface area (Å²) in [7, 11) is 0. The van der Waals surface area contributed by atoms with Gasteiger partial charge in [-0.1, -0.05) is 18.2 Å². The molecule has 13 N–H and O–H groups in total. The van der Waals surface area contributed by atoms with E-state index in [0.717, 1.165) is 6.07 Å². The third-order valence-electron chi connectivity index (χ3n) is 13.0. The van der Waals surface area contributed by atoms with Gasteiger partial charge in [0.25, 0.3) is 0 Å². The largest absolute Gasteiger partial charge is 0.508 e. The van der Waals surface area contributed by atoms with Crippen LogP contribution < -0.4 is 9.47 Å². The molecule has 3 fully saturated rings. The number of aromatic nitrogens is 1. The zero-order valence-corrected chi connectivity index (χ0v) is 38.1. The number of allylic oxidation sites excluding steroid dienone is 1. The number of aliphatic hydroxyl groups excluding tert-OH is 9. The van der Waals surface area contributed by atoms with E-state index in [-0.39, 0.29) is 40.1 Å². The number of phenols is 2. The quantitative estimate of drug-likeness (QED) is 0.0404. The number of hydrogen-bond donors (Lipinski definition) is 13. The van der Waals surface area contributed by atoms with Gasteiger partial charge in [0.2, 0.25) is 18.5 Å². The number of carboxylic acid groups (broad SMARTS) is 2. The molecule has 0 amide bonds. The highest BCUT2D eigenvalue weighted by Crippen LogP contribution is 2.61. The highest BCUT2D eigenvalue weighted by molar-refractivity contribution is 5.98. The van der Waals surface area contributed by atoms with E-state index in [2.05, 4.69) is 0 Å². The Balaban J connectivity index is 1.10. The van der Waals surface area contributed by atoms with Crippen LogP contribution in [0.15, 0.2) is 66.4 Å². The van der Waals surface area contributed by atoms with Crippen molar-refractivity contribution in [2.45, 2.75) is 111 Å². The number of carbonyl (C=O) groups is 4. The van der Waals surface area contributed by atoms with E-state index in [1.165, 1.54) is 30.3 Å². The summed E-state index contributed by atoms with van der Waals surface area (Å²) in [6, 6.07) is 15.0. The number of ether oxygens (including phenoxy) is 9. The zero-order chi connectivity index (χ0) is 53.0. The summed E-state index contributed by atoms with van der Waals surface area (Å²) in [5.74, 6) is -7.73. The molecule has 5 aliphatic heterocycles. The molecule has 4 aromatic rings. The lowest BCUT2D eigenvalue weighted by atomic mass is 9.83. The molecule has 0 saturated carbocycles. The van der Waals surface area contributed by atoms with Crippen molar-refractivity contribution in [3.05, 3.63) is 83.1 Å².